The normalized spacial score (nSPS) is 6.67. The molecule has 0 aromatic carbocycles. The van der Waals surface area contributed by atoms with Crippen LogP contribution in [0.5, 0.6) is 0 Å². The van der Waals surface area contributed by atoms with Gasteiger partial charge in [-0.15, -0.1) is 15.9 Å². The molecule has 0 amide bonds. The lowest BCUT2D eigenvalue weighted by atomic mass is 10.6. The van der Waals surface area contributed by atoms with Crippen molar-refractivity contribution in [2.45, 2.75) is 0 Å². The van der Waals surface area contributed by atoms with Gasteiger partial charge in [0.1, 0.15) is 0 Å². The second kappa shape index (κ2) is 2.92. The Hall–Kier alpha value is -0.290. The van der Waals surface area contributed by atoms with Crippen LogP contribution in [0.1, 0.15) is 0 Å². The monoisotopic (exact) mass is 145 g/mol. The van der Waals surface area contributed by atoms with E-state index in [1.165, 1.54) is 0 Å². The number of hydrogen-bond acceptors (Lipinski definition) is 0. The number of allylic oxidation sites excluding steroid dienone is 1. The van der Waals surface area contributed by atoms with E-state index >= 15 is 0 Å². The molecule has 0 bridgehead atoms. The van der Waals surface area contributed by atoms with Crippen molar-refractivity contribution in [2.75, 3.05) is 5.33 Å². The highest BCUT2D eigenvalue weighted by atomic mass is 79.9. The zero-order valence-electron chi connectivity index (χ0n) is 3.24. The molecule has 0 saturated heterocycles. The Morgan fingerprint density at radius 3 is 2.50 bits per heavy atom. The summed E-state index contributed by atoms with van der Waals surface area (Å²) in [5, 5.41) is 0.594. The minimum atomic E-state index is 0.551. The second-order valence-electron chi connectivity index (χ2n) is 0.812. The zero-order valence-corrected chi connectivity index (χ0v) is 4.83. The van der Waals surface area contributed by atoms with Crippen molar-refractivity contribution in [1.29, 1.82) is 0 Å². The fraction of sp³-hybridized carbons (Fsp3) is 0.250. The third-order valence-electron chi connectivity index (χ3n) is 0.312. The van der Waals surface area contributed by atoms with Crippen LogP contribution < -0.4 is 0 Å². The molecule has 0 aliphatic carbocycles. The number of halogens is 1. The largest absolute Gasteiger partial charge is 0.242 e. The van der Waals surface area contributed by atoms with Crippen molar-refractivity contribution < 1.29 is 0 Å². The molecular weight excluding hydrogens is 142 g/mol. The third-order valence-corrected chi connectivity index (χ3v) is 0.960. The van der Waals surface area contributed by atoms with Crippen molar-refractivity contribution in [2.24, 2.45) is 0 Å². The van der Waals surface area contributed by atoms with Gasteiger partial charge in [-0.2, -0.15) is 0 Å². The van der Waals surface area contributed by atoms with Crippen LogP contribution in [0.25, 0.3) is 4.85 Å². The quantitative estimate of drug-likeness (QED) is 0.392. The summed E-state index contributed by atoms with van der Waals surface area (Å²) in [5.41, 5.74) is 0.551. The van der Waals surface area contributed by atoms with Gasteiger partial charge in [-0.05, 0) is 0 Å². The minimum absolute atomic E-state index is 0.551. The molecule has 0 saturated carbocycles. The average Bonchev–Trinajstić information content (AvgIpc) is 1.65. The van der Waals surface area contributed by atoms with E-state index in [9.17, 15) is 0 Å². The first-order chi connectivity index (χ1) is 2.81. The van der Waals surface area contributed by atoms with Gasteiger partial charge in [-0.1, -0.05) is 6.58 Å². The highest BCUT2D eigenvalue weighted by Crippen LogP contribution is 1.94. The van der Waals surface area contributed by atoms with Crippen LogP contribution in [-0.2, 0) is 0 Å². The SMILES string of the molecule is [C-]#[N+]C(=C)CBr. The van der Waals surface area contributed by atoms with Gasteiger partial charge in [0.25, 0.3) is 0 Å². The fourth-order valence-corrected chi connectivity index (χ4v) is 0.155. The first kappa shape index (κ1) is 5.71. The first-order valence-electron chi connectivity index (χ1n) is 1.42. The van der Waals surface area contributed by atoms with Crippen molar-refractivity contribution in [1.82, 2.24) is 0 Å². The van der Waals surface area contributed by atoms with Crippen LogP contribution in [0.2, 0.25) is 0 Å². The van der Waals surface area contributed by atoms with E-state index in [0.717, 1.165) is 0 Å². The Kier molecular flexibility index (Phi) is 2.78. The molecule has 6 heavy (non-hydrogen) atoms. The van der Waals surface area contributed by atoms with Gasteiger partial charge in [0, 0.05) is 5.33 Å². The Balaban J connectivity index is 3.33. The molecule has 0 spiro atoms. The second-order valence-corrected chi connectivity index (χ2v) is 1.37. The molecule has 0 aliphatic heterocycles. The van der Waals surface area contributed by atoms with Crippen LogP contribution in [0.4, 0.5) is 0 Å². The van der Waals surface area contributed by atoms with Crippen LogP contribution >= 0.6 is 15.9 Å². The molecule has 0 fully saturated rings. The summed E-state index contributed by atoms with van der Waals surface area (Å²) in [6.07, 6.45) is 0. The van der Waals surface area contributed by atoms with E-state index in [-0.39, 0.29) is 0 Å². The van der Waals surface area contributed by atoms with Crippen LogP contribution in [0.3, 0.4) is 0 Å². The lowest BCUT2D eigenvalue weighted by molar-refractivity contribution is 1.61. The summed E-state index contributed by atoms with van der Waals surface area (Å²) >= 11 is 3.06. The summed E-state index contributed by atoms with van der Waals surface area (Å²) in [7, 11) is 0. The minimum Gasteiger partial charge on any atom is -0.242 e. The van der Waals surface area contributed by atoms with Gasteiger partial charge in [-0.3, -0.25) is 0 Å². The predicted molar refractivity (Wildman–Crippen MR) is 29.5 cm³/mol. The number of nitrogens with zero attached hydrogens (tertiary/aromatic N) is 1. The molecule has 0 aromatic rings. The fourth-order valence-electron chi connectivity index (χ4n) is 0.0299. The standard InChI is InChI=1S/C4H4BrN/c1-4(3-5)6-2/h1,3H2. The van der Waals surface area contributed by atoms with E-state index in [0.29, 0.717) is 11.0 Å². The van der Waals surface area contributed by atoms with Gasteiger partial charge in [0.05, 0.1) is 6.57 Å². The Labute approximate surface area is 45.6 Å². The molecule has 1 nitrogen and oxygen atoms in total. The number of alkyl halides is 1. The van der Waals surface area contributed by atoms with Gasteiger partial charge < -0.3 is 0 Å². The highest BCUT2D eigenvalue weighted by molar-refractivity contribution is 9.09. The van der Waals surface area contributed by atoms with Crippen molar-refractivity contribution in [3.05, 3.63) is 23.7 Å². The summed E-state index contributed by atoms with van der Waals surface area (Å²) < 4.78 is 0. The first-order valence-corrected chi connectivity index (χ1v) is 2.54. The smallest absolute Gasteiger partial charge is 0.168 e. The number of hydrogen-bond donors (Lipinski definition) is 0. The van der Waals surface area contributed by atoms with E-state index in [4.69, 9.17) is 6.57 Å². The van der Waals surface area contributed by atoms with Gasteiger partial charge >= 0.3 is 0 Å². The molecule has 0 aliphatic rings. The van der Waals surface area contributed by atoms with E-state index in [1.54, 1.807) is 0 Å². The summed E-state index contributed by atoms with van der Waals surface area (Å²) in [4.78, 5) is 3.02. The van der Waals surface area contributed by atoms with E-state index < -0.39 is 0 Å². The van der Waals surface area contributed by atoms with Crippen molar-refractivity contribution >= 4 is 15.9 Å². The van der Waals surface area contributed by atoms with Gasteiger partial charge in [0.15, 0.2) is 5.70 Å². The molecule has 0 rings (SSSR count). The number of rotatable bonds is 1. The molecule has 32 valence electrons. The topological polar surface area (TPSA) is 4.36 Å². The van der Waals surface area contributed by atoms with Crippen molar-refractivity contribution in [3.63, 3.8) is 0 Å². The predicted octanol–water partition coefficient (Wildman–Crippen LogP) is 1.81. The summed E-state index contributed by atoms with van der Waals surface area (Å²) in [6, 6.07) is 0. The maximum atomic E-state index is 6.30. The average molecular weight is 146 g/mol. The molecule has 0 unspecified atom stereocenters. The lowest BCUT2D eigenvalue weighted by Crippen LogP contribution is -1.65. The summed E-state index contributed by atoms with van der Waals surface area (Å²) in [5.74, 6) is 0. The van der Waals surface area contributed by atoms with Crippen molar-refractivity contribution in [3.8, 4) is 0 Å². The van der Waals surface area contributed by atoms with Crippen LogP contribution in [0, 0.1) is 6.57 Å². The van der Waals surface area contributed by atoms with Crippen LogP contribution in [-0.4, -0.2) is 5.33 Å². The summed E-state index contributed by atoms with van der Waals surface area (Å²) in [6.45, 7) is 9.69. The van der Waals surface area contributed by atoms with Gasteiger partial charge in [0.2, 0.25) is 0 Å². The highest BCUT2D eigenvalue weighted by Gasteiger charge is 1.79. The van der Waals surface area contributed by atoms with Crippen LogP contribution in [0.15, 0.2) is 12.3 Å². The lowest BCUT2D eigenvalue weighted by Gasteiger charge is -1.74. The Morgan fingerprint density at radius 1 is 2.00 bits per heavy atom. The van der Waals surface area contributed by atoms with E-state index in [2.05, 4.69) is 27.4 Å². The third kappa shape index (κ3) is 1.98. The molecule has 0 radical (unpaired) electrons. The molecule has 0 aromatic heterocycles. The molecule has 0 N–H and O–H groups in total. The molecule has 2 heteroatoms. The molecule has 0 atom stereocenters. The molecular formula is C4H4BrN. The maximum Gasteiger partial charge on any atom is 0.168 e. The van der Waals surface area contributed by atoms with Gasteiger partial charge in [-0.25, -0.2) is 4.85 Å². The van der Waals surface area contributed by atoms with E-state index in [1.807, 2.05) is 0 Å². The maximum absolute atomic E-state index is 6.30. The Bertz CT molecular complexity index is 90.2. The Morgan fingerprint density at radius 2 is 2.50 bits per heavy atom. The molecule has 0 heterocycles. The zero-order chi connectivity index (χ0) is 4.99.